The Kier molecular flexibility index (Phi) is 6.05. The number of benzene rings is 7. The molecular formula is C40H27NS. The summed E-state index contributed by atoms with van der Waals surface area (Å²) in [6.07, 6.45) is 0. The van der Waals surface area contributed by atoms with Gasteiger partial charge in [-0.3, -0.25) is 0 Å². The van der Waals surface area contributed by atoms with E-state index in [2.05, 4.69) is 169 Å². The molecule has 198 valence electrons. The van der Waals surface area contributed by atoms with E-state index in [4.69, 9.17) is 0 Å². The molecule has 0 atom stereocenters. The van der Waals surface area contributed by atoms with Crippen LogP contribution in [-0.2, 0) is 0 Å². The van der Waals surface area contributed by atoms with Gasteiger partial charge in [0.1, 0.15) is 0 Å². The topological polar surface area (TPSA) is 3.24 Å². The highest BCUT2D eigenvalue weighted by molar-refractivity contribution is 7.25. The van der Waals surface area contributed by atoms with Gasteiger partial charge in [0.05, 0.1) is 5.69 Å². The molecule has 0 aliphatic rings. The van der Waals surface area contributed by atoms with E-state index in [1.54, 1.807) is 0 Å². The maximum Gasteiger partial charge on any atom is 0.0554 e. The van der Waals surface area contributed by atoms with Gasteiger partial charge in [0, 0.05) is 37.1 Å². The molecule has 0 aliphatic carbocycles. The van der Waals surface area contributed by atoms with Crippen molar-refractivity contribution in [2.24, 2.45) is 0 Å². The second kappa shape index (κ2) is 10.3. The van der Waals surface area contributed by atoms with Crippen molar-refractivity contribution in [3.05, 3.63) is 164 Å². The van der Waals surface area contributed by atoms with Crippen LogP contribution >= 0.6 is 11.3 Å². The first-order chi connectivity index (χ1) is 20.8. The average molecular weight is 554 g/mol. The zero-order valence-electron chi connectivity index (χ0n) is 22.9. The van der Waals surface area contributed by atoms with E-state index >= 15 is 0 Å². The van der Waals surface area contributed by atoms with Crippen LogP contribution in [0.15, 0.2) is 164 Å². The van der Waals surface area contributed by atoms with Gasteiger partial charge in [-0.1, -0.05) is 121 Å². The van der Waals surface area contributed by atoms with E-state index < -0.39 is 0 Å². The van der Waals surface area contributed by atoms with E-state index in [-0.39, 0.29) is 0 Å². The number of fused-ring (bicyclic) bond motifs is 4. The minimum Gasteiger partial charge on any atom is -0.310 e. The summed E-state index contributed by atoms with van der Waals surface area (Å²) in [7, 11) is 0. The van der Waals surface area contributed by atoms with Crippen molar-refractivity contribution in [1.29, 1.82) is 0 Å². The third kappa shape index (κ3) is 4.34. The van der Waals surface area contributed by atoms with Gasteiger partial charge >= 0.3 is 0 Å². The predicted octanol–water partition coefficient (Wildman–Crippen LogP) is 12.0. The Morgan fingerprint density at radius 3 is 1.79 bits per heavy atom. The summed E-state index contributed by atoms with van der Waals surface area (Å²) in [4.78, 5) is 2.42. The number of thiophene rings is 1. The molecule has 8 rings (SSSR count). The molecule has 1 aromatic heterocycles. The summed E-state index contributed by atoms with van der Waals surface area (Å²) in [6, 6.07) is 59.2. The first-order valence-electron chi connectivity index (χ1n) is 14.3. The summed E-state index contributed by atoms with van der Waals surface area (Å²) in [5.74, 6) is 0. The predicted molar refractivity (Wildman–Crippen MR) is 182 cm³/mol. The minimum atomic E-state index is 1.13. The van der Waals surface area contributed by atoms with Crippen LogP contribution in [0.5, 0.6) is 0 Å². The van der Waals surface area contributed by atoms with Crippen molar-refractivity contribution in [2.75, 3.05) is 4.90 Å². The number of anilines is 3. The van der Waals surface area contributed by atoms with Gasteiger partial charge in [-0.25, -0.2) is 0 Å². The minimum absolute atomic E-state index is 1.13. The fraction of sp³-hybridized carbons (Fsp3) is 0. The van der Waals surface area contributed by atoms with Gasteiger partial charge in [0.15, 0.2) is 0 Å². The van der Waals surface area contributed by atoms with E-state index in [1.807, 2.05) is 11.3 Å². The quantitative estimate of drug-likeness (QED) is 0.205. The summed E-state index contributed by atoms with van der Waals surface area (Å²) < 4.78 is 2.60. The third-order valence-electron chi connectivity index (χ3n) is 8.04. The van der Waals surface area contributed by atoms with Crippen LogP contribution in [0.25, 0.3) is 53.2 Å². The molecule has 0 saturated carbocycles. The zero-order chi connectivity index (χ0) is 27.9. The highest BCUT2D eigenvalue weighted by atomic mass is 32.1. The molecule has 1 nitrogen and oxygen atoms in total. The first-order valence-corrected chi connectivity index (χ1v) is 15.1. The van der Waals surface area contributed by atoms with Crippen LogP contribution in [0.3, 0.4) is 0 Å². The van der Waals surface area contributed by atoms with Crippen LogP contribution in [0.2, 0.25) is 0 Å². The first kappa shape index (κ1) is 24.6. The normalized spacial score (nSPS) is 11.3. The Hall–Kier alpha value is -5.18. The number of nitrogens with zero attached hydrogens (tertiary/aromatic N) is 1. The number of hydrogen-bond donors (Lipinski definition) is 0. The van der Waals surface area contributed by atoms with E-state index in [1.165, 1.54) is 58.9 Å². The molecule has 2 heteroatoms. The molecule has 0 saturated heterocycles. The fourth-order valence-corrected chi connectivity index (χ4v) is 7.09. The Morgan fingerprint density at radius 2 is 1.00 bits per heavy atom. The highest BCUT2D eigenvalue weighted by Crippen LogP contribution is 2.46. The molecule has 0 radical (unpaired) electrons. The maximum absolute atomic E-state index is 2.42. The summed E-state index contributed by atoms with van der Waals surface area (Å²) in [5.41, 5.74) is 8.28. The molecule has 0 spiro atoms. The van der Waals surface area contributed by atoms with Crippen LogP contribution in [0, 0.1) is 0 Å². The second-order valence-electron chi connectivity index (χ2n) is 10.6. The molecule has 42 heavy (non-hydrogen) atoms. The van der Waals surface area contributed by atoms with Crippen LogP contribution in [0.4, 0.5) is 17.1 Å². The van der Waals surface area contributed by atoms with Gasteiger partial charge in [0.25, 0.3) is 0 Å². The average Bonchev–Trinajstić information content (AvgIpc) is 3.43. The van der Waals surface area contributed by atoms with Gasteiger partial charge in [-0.15, -0.1) is 11.3 Å². The zero-order valence-corrected chi connectivity index (χ0v) is 23.8. The summed E-state index contributed by atoms with van der Waals surface area (Å²) in [6.45, 7) is 0. The van der Waals surface area contributed by atoms with Gasteiger partial charge in [0.2, 0.25) is 0 Å². The Morgan fingerprint density at radius 1 is 0.381 bits per heavy atom. The molecule has 8 aromatic rings. The van der Waals surface area contributed by atoms with E-state index in [0.29, 0.717) is 0 Å². The summed E-state index contributed by atoms with van der Waals surface area (Å²) >= 11 is 1.86. The van der Waals surface area contributed by atoms with Crippen LogP contribution in [-0.4, -0.2) is 0 Å². The molecule has 0 bridgehead atoms. The van der Waals surface area contributed by atoms with Crippen LogP contribution in [0.1, 0.15) is 0 Å². The lowest BCUT2D eigenvalue weighted by atomic mass is 9.98. The molecule has 0 fully saturated rings. The van der Waals surface area contributed by atoms with Gasteiger partial charge in [-0.05, 0) is 69.9 Å². The van der Waals surface area contributed by atoms with Crippen molar-refractivity contribution in [2.45, 2.75) is 0 Å². The molecule has 0 aliphatic heterocycles. The molecule has 1 heterocycles. The van der Waals surface area contributed by atoms with Gasteiger partial charge in [-0.2, -0.15) is 0 Å². The number of rotatable bonds is 5. The lowest BCUT2D eigenvalue weighted by Gasteiger charge is -2.28. The third-order valence-corrected chi connectivity index (χ3v) is 9.18. The monoisotopic (exact) mass is 553 g/mol. The lowest BCUT2D eigenvalue weighted by molar-refractivity contribution is 1.30. The van der Waals surface area contributed by atoms with Gasteiger partial charge < -0.3 is 4.90 Å². The molecule has 0 unspecified atom stereocenters. The van der Waals surface area contributed by atoms with E-state index in [9.17, 15) is 0 Å². The van der Waals surface area contributed by atoms with E-state index in [0.717, 1.165) is 11.4 Å². The SMILES string of the molecule is c1ccc(-c2ccc(N(c3ccc4ccccc4c3)c3cc4sc5ccccc5c4cc3-c3ccccc3)cc2)cc1. The van der Waals surface area contributed by atoms with Crippen molar-refractivity contribution < 1.29 is 0 Å². The smallest absolute Gasteiger partial charge is 0.0554 e. The highest BCUT2D eigenvalue weighted by Gasteiger charge is 2.20. The largest absolute Gasteiger partial charge is 0.310 e. The Labute approximate surface area is 249 Å². The lowest BCUT2D eigenvalue weighted by Crippen LogP contribution is -2.11. The van der Waals surface area contributed by atoms with Crippen molar-refractivity contribution in [1.82, 2.24) is 0 Å². The summed E-state index contributed by atoms with van der Waals surface area (Å²) in [5, 5.41) is 5.08. The fourth-order valence-electron chi connectivity index (χ4n) is 5.97. The van der Waals surface area contributed by atoms with Crippen LogP contribution < -0.4 is 4.90 Å². The Balaban J connectivity index is 1.40. The van der Waals surface area contributed by atoms with Crippen molar-refractivity contribution in [3.8, 4) is 22.3 Å². The molecule has 0 amide bonds. The number of hydrogen-bond acceptors (Lipinski definition) is 2. The standard InChI is InChI=1S/C40H27NS/c1-3-11-28(12-4-1)30-19-22-33(23-20-30)41(34-24-21-29-13-7-8-16-32(29)25-34)38-27-40-37(35-17-9-10-18-39(35)42-40)26-36(38)31-14-5-2-6-15-31/h1-27H. The Bertz CT molecular complexity index is 2180. The van der Waals surface area contributed by atoms with Crippen molar-refractivity contribution >= 4 is 59.3 Å². The molecule has 0 N–H and O–H groups in total. The molecular weight excluding hydrogens is 527 g/mol. The van der Waals surface area contributed by atoms with Crippen molar-refractivity contribution in [3.63, 3.8) is 0 Å². The molecule has 7 aromatic carbocycles. The maximum atomic E-state index is 2.42. The second-order valence-corrected chi connectivity index (χ2v) is 11.7.